The first-order valence-electron chi connectivity index (χ1n) is 9.15. The van der Waals surface area contributed by atoms with Gasteiger partial charge >= 0.3 is 0 Å². The molecule has 130 valence electrons. The van der Waals surface area contributed by atoms with Crippen molar-refractivity contribution in [2.45, 2.75) is 52.9 Å². The molecule has 0 fully saturated rings. The molecular formula is C22H32N2. The van der Waals surface area contributed by atoms with Crippen LogP contribution >= 0.6 is 0 Å². The Labute approximate surface area is 148 Å². The smallest absolute Gasteiger partial charge is 0.0710 e. The summed E-state index contributed by atoms with van der Waals surface area (Å²) in [5, 5.41) is 0. The van der Waals surface area contributed by atoms with Crippen LogP contribution in [0.4, 0.5) is 5.69 Å². The average molecular weight is 325 g/mol. The number of allylic oxidation sites excluding steroid dienone is 2. The lowest BCUT2D eigenvalue weighted by Crippen LogP contribution is -2.19. The highest BCUT2D eigenvalue weighted by atomic mass is 15.1. The molecular weight excluding hydrogens is 292 g/mol. The summed E-state index contributed by atoms with van der Waals surface area (Å²) >= 11 is 0. The van der Waals surface area contributed by atoms with Crippen molar-refractivity contribution in [3.63, 3.8) is 0 Å². The molecule has 0 atom stereocenters. The van der Waals surface area contributed by atoms with Crippen LogP contribution in [0.25, 0.3) is 11.6 Å². The van der Waals surface area contributed by atoms with Crippen LogP contribution in [-0.4, -0.2) is 31.3 Å². The zero-order valence-corrected chi connectivity index (χ0v) is 16.1. The summed E-state index contributed by atoms with van der Waals surface area (Å²) in [4.78, 5) is 7.10. The van der Waals surface area contributed by atoms with Gasteiger partial charge in [0.1, 0.15) is 0 Å². The molecule has 1 aromatic rings. The second-order valence-electron chi connectivity index (χ2n) is 7.10. The summed E-state index contributed by atoms with van der Waals surface area (Å²) < 4.78 is 0. The highest BCUT2D eigenvalue weighted by Gasteiger charge is 2.18. The minimum atomic E-state index is 0.878. The standard InChI is InChI=1S/C22H32N2/c1-7-19-16(3)14-21(23-17(4)15-24(5)6)20(8-2)22(19)18-12-10-9-11-13-18/h8,12,14H,2,7,9-11,13,15H2,1,3-6H3/b23-17+. The third-order valence-corrected chi connectivity index (χ3v) is 4.70. The zero-order chi connectivity index (χ0) is 17.7. The molecule has 0 aliphatic heterocycles. The predicted molar refractivity (Wildman–Crippen MR) is 108 cm³/mol. The van der Waals surface area contributed by atoms with E-state index < -0.39 is 0 Å². The summed E-state index contributed by atoms with van der Waals surface area (Å²) in [5.41, 5.74) is 9.13. The molecule has 1 aliphatic carbocycles. The summed E-state index contributed by atoms with van der Waals surface area (Å²) in [6, 6.07) is 2.24. The van der Waals surface area contributed by atoms with Crippen molar-refractivity contribution in [2.24, 2.45) is 4.99 Å². The van der Waals surface area contributed by atoms with Gasteiger partial charge in [-0.15, -0.1) is 0 Å². The Morgan fingerprint density at radius 2 is 2.08 bits per heavy atom. The minimum absolute atomic E-state index is 0.878. The maximum atomic E-state index is 4.94. The van der Waals surface area contributed by atoms with E-state index in [0.29, 0.717) is 0 Å². The van der Waals surface area contributed by atoms with Crippen molar-refractivity contribution in [1.29, 1.82) is 0 Å². The molecule has 0 spiro atoms. The molecule has 2 nitrogen and oxygen atoms in total. The number of aryl methyl sites for hydroxylation is 1. The summed E-state index contributed by atoms with van der Waals surface area (Å²) in [6.07, 6.45) is 10.5. The van der Waals surface area contributed by atoms with E-state index in [0.717, 1.165) is 24.4 Å². The van der Waals surface area contributed by atoms with Crippen LogP contribution in [0.3, 0.4) is 0 Å². The zero-order valence-electron chi connectivity index (χ0n) is 16.1. The summed E-state index contributed by atoms with van der Waals surface area (Å²) in [7, 11) is 4.16. The van der Waals surface area contributed by atoms with E-state index >= 15 is 0 Å². The van der Waals surface area contributed by atoms with Crippen molar-refractivity contribution >= 4 is 23.0 Å². The van der Waals surface area contributed by atoms with Crippen molar-refractivity contribution in [2.75, 3.05) is 20.6 Å². The third-order valence-electron chi connectivity index (χ3n) is 4.70. The quantitative estimate of drug-likeness (QED) is 0.603. The lowest BCUT2D eigenvalue weighted by Gasteiger charge is -2.22. The first-order valence-corrected chi connectivity index (χ1v) is 9.15. The molecule has 2 rings (SSSR count). The van der Waals surface area contributed by atoms with E-state index in [9.17, 15) is 0 Å². The highest BCUT2D eigenvalue weighted by Crippen LogP contribution is 2.38. The van der Waals surface area contributed by atoms with E-state index in [-0.39, 0.29) is 0 Å². The number of rotatable bonds is 6. The van der Waals surface area contributed by atoms with Crippen LogP contribution in [0.15, 0.2) is 23.7 Å². The van der Waals surface area contributed by atoms with Gasteiger partial charge in [-0.25, -0.2) is 0 Å². The number of aliphatic imine (C=N–C) groups is 1. The SMILES string of the molecule is C=Cc1c(/N=C(\C)CN(C)C)cc(C)c(CC)c1C1=CCCCC1. The van der Waals surface area contributed by atoms with Gasteiger partial charge < -0.3 is 4.90 Å². The van der Waals surface area contributed by atoms with Crippen LogP contribution in [0, 0.1) is 6.92 Å². The van der Waals surface area contributed by atoms with Crippen molar-refractivity contribution in [1.82, 2.24) is 4.90 Å². The fraction of sp³-hybridized carbons (Fsp3) is 0.500. The number of hydrogen-bond donors (Lipinski definition) is 0. The molecule has 1 aliphatic rings. The Bertz CT molecular complexity index is 663. The van der Waals surface area contributed by atoms with Crippen molar-refractivity contribution in [3.05, 3.63) is 41.0 Å². The Balaban J connectivity index is 2.63. The van der Waals surface area contributed by atoms with Gasteiger partial charge in [-0.1, -0.05) is 25.7 Å². The van der Waals surface area contributed by atoms with E-state index in [4.69, 9.17) is 4.99 Å². The molecule has 1 aromatic carbocycles. The van der Waals surface area contributed by atoms with Gasteiger partial charge in [0.25, 0.3) is 0 Å². The van der Waals surface area contributed by atoms with E-state index in [1.165, 1.54) is 53.5 Å². The molecule has 24 heavy (non-hydrogen) atoms. The van der Waals surface area contributed by atoms with Gasteiger partial charge in [-0.3, -0.25) is 4.99 Å². The summed E-state index contributed by atoms with van der Waals surface area (Å²) in [5.74, 6) is 0. The molecule has 0 amide bonds. The molecule has 0 aromatic heterocycles. The fourth-order valence-corrected chi connectivity index (χ4v) is 3.74. The van der Waals surface area contributed by atoms with Crippen LogP contribution in [0.2, 0.25) is 0 Å². The lowest BCUT2D eigenvalue weighted by molar-refractivity contribution is 0.469. The van der Waals surface area contributed by atoms with Gasteiger partial charge in [-0.2, -0.15) is 0 Å². The second-order valence-corrected chi connectivity index (χ2v) is 7.10. The molecule has 2 heteroatoms. The largest absolute Gasteiger partial charge is 0.304 e. The molecule has 0 bridgehead atoms. The highest BCUT2D eigenvalue weighted by molar-refractivity contribution is 5.90. The summed E-state index contributed by atoms with van der Waals surface area (Å²) in [6.45, 7) is 11.6. The van der Waals surface area contributed by atoms with Crippen LogP contribution in [0.5, 0.6) is 0 Å². The van der Waals surface area contributed by atoms with Gasteiger partial charge in [-0.05, 0) is 88.4 Å². The van der Waals surface area contributed by atoms with Crippen molar-refractivity contribution in [3.8, 4) is 0 Å². The Hall–Kier alpha value is -1.67. The Morgan fingerprint density at radius 3 is 2.62 bits per heavy atom. The van der Waals surface area contributed by atoms with Crippen LogP contribution < -0.4 is 0 Å². The molecule has 0 N–H and O–H groups in total. The maximum absolute atomic E-state index is 4.94. The number of benzene rings is 1. The Morgan fingerprint density at radius 1 is 1.33 bits per heavy atom. The first-order chi connectivity index (χ1) is 11.5. The third kappa shape index (κ3) is 4.24. The molecule has 0 heterocycles. The molecule has 0 unspecified atom stereocenters. The number of nitrogens with zero attached hydrogens (tertiary/aromatic N) is 2. The van der Waals surface area contributed by atoms with Gasteiger partial charge in [0.15, 0.2) is 0 Å². The topological polar surface area (TPSA) is 15.6 Å². The van der Waals surface area contributed by atoms with Gasteiger partial charge in [0.05, 0.1) is 5.69 Å². The monoisotopic (exact) mass is 324 g/mol. The van der Waals surface area contributed by atoms with Crippen LogP contribution in [0.1, 0.15) is 61.8 Å². The molecule has 0 saturated carbocycles. The lowest BCUT2D eigenvalue weighted by atomic mass is 9.84. The maximum Gasteiger partial charge on any atom is 0.0710 e. The second kappa shape index (κ2) is 8.43. The van der Waals surface area contributed by atoms with E-state index in [1.54, 1.807) is 0 Å². The van der Waals surface area contributed by atoms with E-state index in [1.807, 2.05) is 6.08 Å². The van der Waals surface area contributed by atoms with Crippen molar-refractivity contribution < 1.29 is 0 Å². The van der Waals surface area contributed by atoms with E-state index in [2.05, 4.69) is 58.5 Å². The first kappa shape index (κ1) is 18.7. The predicted octanol–water partition coefficient (Wildman–Crippen LogP) is 5.81. The molecule has 0 saturated heterocycles. The molecule has 0 radical (unpaired) electrons. The fourth-order valence-electron chi connectivity index (χ4n) is 3.74. The Kier molecular flexibility index (Phi) is 6.56. The van der Waals surface area contributed by atoms with Gasteiger partial charge in [0, 0.05) is 17.8 Å². The normalized spacial score (nSPS) is 15.6. The minimum Gasteiger partial charge on any atom is -0.304 e. The number of hydrogen-bond acceptors (Lipinski definition) is 2. The van der Waals surface area contributed by atoms with Crippen LogP contribution in [-0.2, 0) is 6.42 Å². The average Bonchev–Trinajstić information content (AvgIpc) is 2.54. The van der Waals surface area contributed by atoms with Gasteiger partial charge in [0.2, 0.25) is 0 Å².